The molecule has 1 heterocycles. The lowest BCUT2D eigenvalue weighted by Gasteiger charge is -2.08. The molecule has 24 heavy (non-hydrogen) atoms. The van der Waals surface area contributed by atoms with E-state index in [1.807, 2.05) is 6.26 Å². The van der Waals surface area contributed by atoms with E-state index in [4.69, 9.17) is 0 Å². The highest BCUT2D eigenvalue weighted by Gasteiger charge is 2.12. The van der Waals surface area contributed by atoms with Crippen molar-refractivity contribution in [1.82, 2.24) is 20.2 Å². The molecule has 3 rings (SSSR count). The van der Waals surface area contributed by atoms with Crippen LogP contribution in [0.25, 0.3) is 5.69 Å². The molecule has 0 bridgehead atoms. The molecule has 0 aliphatic heterocycles. The molecular weight excluding hydrogens is 336 g/mol. The average molecular weight is 347 g/mol. The molecule has 0 spiro atoms. The lowest BCUT2D eigenvalue weighted by atomic mass is 10.2. The minimum absolute atomic E-state index is 0.0199. The Kier molecular flexibility index (Phi) is 4.52. The fraction of sp³-hybridized carbons (Fsp3) is 0.0667. The predicted octanol–water partition coefficient (Wildman–Crippen LogP) is 2.91. The summed E-state index contributed by atoms with van der Waals surface area (Å²) in [7, 11) is 0. The van der Waals surface area contributed by atoms with Crippen molar-refractivity contribution >= 4 is 23.4 Å². The van der Waals surface area contributed by atoms with E-state index >= 15 is 0 Å². The molecule has 2 aromatic carbocycles. The summed E-state index contributed by atoms with van der Waals surface area (Å²) in [6, 6.07) is 9.82. The maximum Gasteiger partial charge on any atom is 0.255 e. The van der Waals surface area contributed by atoms with Crippen molar-refractivity contribution < 1.29 is 13.6 Å². The third-order valence-corrected chi connectivity index (χ3v) is 3.77. The summed E-state index contributed by atoms with van der Waals surface area (Å²) in [6.07, 6.45) is 1.84. The predicted molar refractivity (Wildman–Crippen MR) is 85.2 cm³/mol. The van der Waals surface area contributed by atoms with Crippen molar-refractivity contribution in [3.8, 4) is 5.69 Å². The minimum Gasteiger partial charge on any atom is -0.322 e. The summed E-state index contributed by atoms with van der Waals surface area (Å²) in [6.45, 7) is 0. The van der Waals surface area contributed by atoms with Gasteiger partial charge < -0.3 is 5.32 Å². The van der Waals surface area contributed by atoms with E-state index in [-0.39, 0.29) is 5.56 Å². The van der Waals surface area contributed by atoms with Crippen LogP contribution >= 0.6 is 11.8 Å². The summed E-state index contributed by atoms with van der Waals surface area (Å²) in [5.74, 6) is -2.63. The molecule has 0 atom stereocenters. The average Bonchev–Trinajstić information content (AvgIpc) is 3.06. The van der Waals surface area contributed by atoms with E-state index in [2.05, 4.69) is 20.8 Å². The van der Waals surface area contributed by atoms with Crippen LogP contribution in [0.4, 0.5) is 14.5 Å². The molecule has 122 valence electrons. The SMILES string of the molecule is CSc1nnnn1-c1cccc(NC(=O)c2ccc(F)c(F)c2)c1. The van der Waals surface area contributed by atoms with Crippen LogP contribution in [0.1, 0.15) is 10.4 Å². The summed E-state index contributed by atoms with van der Waals surface area (Å²) >= 11 is 1.38. The number of amides is 1. The Labute approximate surface area is 139 Å². The lowest BCUT2D eigenvalue weighted by Crippen LogP contribution is -2.12. The number of tetrazole rings is 1. The van der Waals surface area contributed by atoms with E-state index in [9.17, 15) is 13.6 Å². The van der Waals surface area contributed by atoms with Crippen LogP contribution in [0.15, 0.2) is 47.6 Å². The maximum atomic E-state index is 13.2. The third kappa shape index (κ3) is 3.25. The van der Waals surface area contributed by atoms with Crippen molar-refractivity contribution in [3.63, 3.8) is 0 Å². The smallest absolute Gasteiger partial charge is 0.255 e. The Morgan fingerprint density at radius 1 is 1.17 bits per heavy atom. The number of halogens is 2. The second-order valence-corrected chi connectivity index (χ2v) is 5.48. The highest BCUT2D eigenvalue weighted by atomic mass is 32.2. The van der Waals surface area contributed by atoms with Crippen LogP contribution in [-0.2, 0) is 0 Å². The molecule has 1 N–H and O–H groups in total. The standard InChI is InChI=1S/C15H11F2N5OS/c1-24-15-19-20-21-22(15)11-4-2-3-10(8-11)18-14(23)9-5-6-12(16)13(17)7-9/h2-8H,1H3,(H,18,23). The number of nitrogens with zero attached hydrogens (tertiary/aromatic N) is 4. The molecule has 0 fully saturated rings. The first-order chi connectivity index (χ1) is 11.6. The van der Waals surface area contributed by atoms with Crippen LogP contribution in [0.5, 0.6) is 0 Å². The van der Waals surface area contributed by atoms with Crippen molar-refractivity contribution in [2.24, 2.45) is 0 Å². The summed E-state index contributed by atoms with van der Waals surface area (Å²) < 4.78 is 27.7. The highest BCUT2D eigenvalue weighted by molar-refractivity contribution is 7.98. The molecule has 1 amide bonds. The Bertz CT molecular complexity index is 899. The van der Waals surface area contributed by atoms with E-state index in [1.165, 1.54) is 22.5 Å². The van der Waals surface area contributed by atoms with Crippen molar-refractivity contribution in [1.29, 1.82) is 0 Å². The van der Waals surface area contributed by atoms with Gasteiger partial charge in [0.1, 0.15) is 0 Å². The zero-order valence-corrected chi connectivity index (χ0v) is 13.2. The van der Waals surface area contributed by atoms with Gasteiger partial charge in [0.25, 0.3) is 5.91 Å². The maximum absolute atomic E-state index is 13.2. The van der Waals surface area contributed by atoms with Gasteiger partial charge in [-0.3, -0.25) is 4.79 Å². The molecule has 6 nitrogen and oxygen atoms in total. The van der Waals surface area contributed by atoms with Crippen LogP contribution in [0.2, 0.25) is 0 Å². The number of rotatable bonds is 4. The first-order valence-corrected chi connectivity index (χ1v) is 8.00. The zero-order chi connectivity index (χ0) is 17.1. The van der Waals surface area contributed by atoms with E-state index < -0.39 is 17.5 Å². The van der Waals surface area contributed by atoms with Crippen molar-refractivity contribution in [2.75, 3.05) is 11.6 Å². The molecule has 0 saturated carbocycles. The van der Waals surface area contributed by atoms with Gasteiger partial charge >= 0.3 is 0 Å². The Morgan fingerprint density at radius 3 is 2.75 bits per heavy atom. The summed E-state index contributed by atoms with van der Waals surface area (Å²) in [4.78, 5) is 12.1. The van der Waals surface area contributed by atoms with Crippen LogP contribution in [0, 0.1) is 11.6 Å². The van der Waals surface area contributed by atoms with Gasteiger partial charge in [0.2, 0.25) is 5.16 Å². The van der Waals surface area contributed by atoms with E-state index in [1.54, 1.807) is 24.3 Å². The van der Waals surface area contributed by atoms with Gasteiger partial charge in [-0.05, 0) is 53.1 Å². The fourth-order valence-electron chi connectivity index (χ4n) is 2.02. The van der Waals surface area contributed by atoms with Gasteiger partial charge in [-0.15, -0.1) is 5.10 Å². The summed E-state index contributed by atoms with van der Waals surface area (Å²) in [5, 5.41) is 14.6. The van der Waals surface area contributed by atoms with Gasteiger partial charge in [-0.1, -0.05) is 17.8 Å². The Balaban J connectivity index is 1.84. The second kappa shape index (κ2) is 6.75. The van der Waals surface area contributed by atoms with Gasteiger partial charge in [0.15, 0.2) is 11.6 Å². The highest BCUT2D eigenvalue weighted by Crippen LogP contribution is 2.19. The molecule has 3 aromatic rings. The second-order valence-electron chi connectivity index (χ2n) is 4.71. The number of hydrogen-bond acceptors (Lipinski definition) is 5. The molecule has 9 heteroatoms. The third-order valence-electron chi connectivity index (χ3n) is 3.15. The largest absolute Gasteiger partial charge is 0.322 e. The van der Waals surface area contributed by atoms with Gasteiger partial charge in [-0.2, -0.15) is 4.68 Å². The van der Waals surface area contributed by atoms with Gasteiger partial charge in [-0.25, -0.2) is 8.78 Å². The lowest BCUT2D eigenvalue weighted by molar-refractivity contribution is 0.102. The first-order valence-electron chi connectivity index (χ1n) is 6.77. The van der Waals surface area contributed by atoms with Crippen LogP contribution in [0.3, 0.4) is 0 Å². The zero-order valence-electron chi connectivity index (χ0n) is 12.4. The number of aromatic nitrogens is 4. The normalized spacial score (nSPS) is 10.6. The number of hydrogen-bond donors (Lipinski definition) is 1. The molecule has 0 unspecified atom stereocenters. The van der Waals surface area contributed by atoms with Crippen LogP contribution < -0.4 is 5.32 Å². The molecular formula is C15H11F2N5OS. The fourth-order valence-corrected chi connectivity index (χ4v) is 2.46. The number of anilines is 1. The molecule has 1 aromatic heterocycles. The number of nitrogens with one attached hydrogen (secondary N) is 1. The topological polar surface area (TPSA) is 72.7 Å². The number of carbonyl (C=O) groups excluding carboxylic acids is 1. The molecule has 0 aliphatic carbocycles. The van der Waals surface area contributed by atoms with E-state index in [0.717, 1.165) is 12.1 Å². The van der Waals surface area contributed by atoms with Crippen molar-refractivity contribution in [2.45, 2.75) is 5.16 Å². The van der Waals surface area contributed by atoms with E-state index in [0.29, 0.717) is 16.5 Å². The Hall–Kier alpha value is -2.81. The quantitative estimate of drug-likeness (QED) is 0.735. The van der Waals surface area contributed by atoms with Gasteiger partial charge in [0, 0.05) is 11.3 Å². The molecule has 0 saturated heterocycles. The number of benzene rings is 2. The van der Waals surface area contributed by atoms with Gasteiger partial charge in [0.05, 0.1) is 5.69 Å². The molecule has 0 radical (unpaired) electrons. The Morgan fingerprint density at radius 2 is 2.00 bits per heavy atom. The number of thioether (sulfide) groups is 1. The monoisotopic (exact) mass is 347 g/mol. The molecule has 0 aliphatic rings. The summed E-state index contributed by atoms with van der Waals surface area (Å²) in [5.41, 5.74) is 1.16. The first kappa shape index (κ1) is 16.1. The van der Waals surface area contributed by atoms with Crippen LogP contribution in [-0.4, -0.2) is 32.4 Å². The number of carbonyl (C=O) groups is 1. The van der Waals surface area contributed by atoms with Crippen molar-refractivity contribution in [3.05, 3.63) is 59.7 Å². The minimum atomic E-state index is -1.07.